The van der Waals surface area contributed by atoms with Gasteiger partial charge < -0.3 is 9.88 Å². The summed E-state index contributed by atoms with van der Waals surface area (Å²) in [7, 11) is 1.93. The van der Waals surface area contributed by atoms with E-state index in [0.717, 1.165) is 28.0 Å². The second kappa shape index (κ2) is 5.49. The zero-order chi connectivity index (χ0) is 15.7. The zero-order valence-corrected chi connectivity index (χ0v) is 12.9. The molecule has 3 rings (SSSR count). The van der Waals surface area contributed by atoms with E-state index in [-0.39, 0.29) is 0 Å². The Morgan fingerprint density at radius 1 is 1.27 bits per heavy atom. The number of nitrogens with zero attached hydrogens (tertiary/aromatic N) is 4. The van der Waals surface area contributed by atoms with Crippen molar-refractivity contribution in [3.8, 4) is 6.07 Å². The summed E-state index contributed by atoms with van der Waals surface area (Å²) in [4.78, 5) is 14.1. The van der Waals surface area contributed by atoms with Crippen LogP contribution in [0, 0.1) is 25.2 Å². The molecule has 0 saturated carbocycles. The first kappa shape index (κ1) is 14.1. The Morgan fingerprint density at radius 3 is 2.73 bits per heavy atom. The highest BCUT2D eigenvalue weighted by Crippen LogP contribution is 2.27. The van der Waals surface area contributed by atoms with Gasteiger partial charge in [0.1, 0.15) is 17.7 Å². The van der Waals surface area contributed by atoms with E-state index in [4.69, 9.17) is 0 Å². The van der Waals surface area contributed by atoms with Crippen molar-refractivity contribution in [2.75, 3.05) is 11.9 Å². The van der Waals surface area contributed by atoms with Gasteiger partial charge in [0.2, 0.25) is 0 Å². The number of para-hydroxylation sites is 1. The topological polar surface area (TPSA) is 68.6 Å². The monoisotopic (exact) mass is 291 g/mol. The van der Waals surface area contributed by atoms with Gasteiger partial charge in [-0.05, 0) is 25.5 Å². The Balaban J connectivity index is 2.07. The molecule has 0 saturated heterocycles. The predicted octanol–water partition coefficient (Wildman–Crippen LogP) is 3.08. The van der Waals surface area contributed by atoms with Crippen molar-refractivity contribution >= 4 is 16.7 Å². The van der Waals surface area contributed by atoms with E-state index in [1.807, 2.05) is 50.1 Å². The smallest absolute Gasteiger partial charge is 0.147 e. The van der Waals surface area contributed by atoms with E-state index in [0.29, 0.717) is 17.9 Å². The first-order valence-corrected chi connectivity index (χ1v) is 7.11. The molecule has 110 valence electrons. The van der Waals surface area contributed by atoms with Gasteiger partial charge in [0, 0.05) is 24.3 Å². The number of hydrogen-bond acceptors (Lipinski definition) is 4. The molecule has 0 bridgehead atoms. The lowest BCUT2D eigenvalue weighted by atomic mass is 10.0. The van der Waals surface area contributed by atoms with Crippen LogP contribution in [-0.2, 0) is 6.54 Å². The second-order valence-electron chi connectivity index (χ2n) is 5.43. The molecule has 0 aliphatic heterocycles. The molecule has 5 heteroatoms. The Kier molecular flexibility index (Phi) is 3.51. The normalized spacial score (nSPS) is 10.6. The molecule has 0 amide bonds. The maximum atomic E-state index is 9.54. The molecule has 0 radical (unpaired) electrons. The summed E-state index contributed by atoms with van der Waals surface area (Å²) in [6.45, 7) is 4.51. The molecule has 0 unspecified atom stereocenters. The Hall–Kier alpha value is -2.87. The number of pyridine rings is 1. The molecular weight excluding hydrogens is 274 g/mol. The van der Waals surface area contributed by atoms with Crippen LogP contribution in [0.5, 0.6) is 0 Å². The van der Waals surface area contributed by atoms with Crippen LogP contribution in [0.3, 0.4) is 0 Å². The fourth-order valence-corrected chi connectivity index (χ4v) is 2.62. The summed E-state index contributed by atoms with van der Waals surface area (Å²) < 4.78 is 0. The van der Waals surface area contributed by atoms with E-state index in [1.165, 1.54) is 0 Å². The summed E-state index contributed by atoms with van der Waals surface area (Å²) in [6, 6.07) is 10.2. The van der Waals surface area contributed by atoms with E-state index in [2.05, 4.69) is 21.0 Å². The summed E-state index contributed by atoms with van der Waals surface area (Å²) in [5.74, 6) is 1.55. The molecule has 0 fully saturated rings. The number of rotatable bonds is 3. The number of aromatic nitrogens is 3. The van der Waals surface area contributed by atoms with Gasteiger partial charge in [-0.15, -0.1) is 0 Å². The van der Waals surface area contributed by atoms with Crippen LogP contribution >= 0.6 is 0 Å². The number of aromatic amines is 1. The fourth-order valence-electron chi connectivity index (χ4n) is 2.62. The number of benzene rings is 1. The minimum atomic E-state index is 0.577. The third-order valence-electron chi connectivity index (χ3n) is 3.75. The number of hydrogen-bond donors (Lipinski definition) is 1. The van der Waals surface area contributed by atoms with Gasteiger partial charge in [-0.3, -0.25) is 0 Å². The Labute approximate surface area is 129 Å². The maximum absolute atomic E-state index is 9.54. The minimum Gasteiger partial charge on any atom is -0.351 e. The van der Waals surface area contributed by atoms with Crippen LogP contribution in [0.1, 0.15) is 22.6 Å². The molecule has 22 heavy (non-hydrogen) atoms. The second-order valence-corrected chi connectivity index (χ2v) is 5.43. The molecule has 3 aromatic rings. The summed E-state index contributed by atoms with van der Waals surface area (Å²) in [6.07, 6.45) is 1.80. The SMILES string of the molecule is Cc1cnc(CN(C)c2nc3ccccc3c(C)c2C#N)[nH]1. The lowest BCUT2D eigenvalue weighted by Gasteiger charge is -2.20. The quantitative estimate of drug-likeness (QED) is 0.805. The molecule has 2 aromatic heterocycles. The summed E-state index contributed by atoms with van der Waals surface area (Å²) >= 11 is 0. The third kappa shape index (κ3) is 2.40. The lowest BCUT2D eigenvalue weighted by molar-refractivity contribution is 0.841. The highest BCUT2D eigenvalue weighted by Gasteiger charge is 2.16. The molecule has 0 spiro atoms. The standard InChI is InChI=1S/C17H17N5/c1-11-9-19-16(20-11)10-22(3)17-14(8-18)12(2)13-6-4-5-7-15(13)21-17/h4-7,9H,10H2,1-3H3,(H,19,20). The highest BCUT2D eigenvalue weighted by molar-refractivity contribution is 5.87. The van der Waals surface area contributed by atoms with Crippen molar-refractivity contribution in [3.05, 3.63) is 53.1 Å². The van der Waals surface area contributed by atoms with Crippen LogP contribution in [0.15, 0.2) is 30.5 Å². The average Bonchev–Trinajstić information content (AvgIpc) is 2.92. The van der Waals surface area contributed by atoms with E-state index >= 15 is 0 Å². The Bertz CT molecular complexity index is 872. The molecule has 1 N–H and O–H groups in total. The van der Waals surface area contributed by atoms with Gasteiger partial charge in [0.05, 0.1) is 17.6 Å². The van der Waals surface area contributed by atoms with Crippen molar-refractivity contribution in [2.24, 2.45) is 0 Å². The summed E-state index contributed by atoms with van der Waals surface area (Å²) in [5, 5.41) is 10.6. The molecule has 2 heterocycles. The molecule has 1 aromatic carbocycles. The van der Waals surface area contributed by atoms with Crippen LogP contribution in [0.25, 0.3) is 10.9 Å². The number of H-pyrrole nitrogens is 1. The minimum absolute atomic E-state index is 0.577. The molecule has 5 nitrogen and oxygen atoms in total. The maximum Gasteiger partial charge on any atom is 0.147 e. The number of fused-ring (bicyclic) bond motifs is 1. The van der Waals surface area contributed by atoms with Crippen LogP contribution in [0.2, 0.25) is 0 Å². The van der Waals surface area contributed by atoms with Gasteiger partial charge >= 0.3 is 0 Å². The predicted molar refractivity (Wildman–Crippen MR) is 86.6 cm³/mol. The molecule has 0 atom stereocenters. The average molecular weight is 291 g/mol. The van der Waals surface area contributed by atoms with Crippen molar-refractivity contribution < 1.29 is 0 Å². The van der Waals surface area contributed by atoms with Crippen LogP contribution < -0.4 is 4.90 Å². The van der Waals surface area contributed by atoms with Crippen molar-refractivity contribution in [1.82, 2.24) is 15.0 Å². The van der Waals surface area contributed by atoms with Gasteiger partial charge in [-0.25, -0.2) is 9.97 Å². The van der Waals surface area contributed by atoms with Gasteiger partial charge in [-0.1, -0.05) is 18.2 Å². The highest BCUT2D eigenvalue weighted by atomic mass is 15.2. The molecule has 0 aliphatic rings. The first-order chi connectivity index (χ1) is 10.6. The van der Waals surface area contributed by atoms with Crippen LogP contribution in [0.4, 0.5) is 5.82 Å². The summed E-state index contributed by atoms with van der Waals surface area (Å²) in [5.41, 5.74) is 3.50. The van der Waals surface area contributed by atoms with Gasteiger partial charge in [0.15, 0.2) is 0 Å². The van der Waals surface area contributed by atoms with Gasteiger partial charge in [0.25, 0.3) is 0 Å². The number of nitrogens with one attached hydrogen (secondary N) is 1. The van der Waals surface area contributed by atoms with Crippen LogP contribution in [-0.4, -0.2) is 22.0 Å². The molecular formula is C17H17N5. The van der Waals surface area contributed by atoms with Crippen molar-refractivity contribution in [1.29, 1.82) is 5.26 Å². The van der Waals surface area contributed by atoms with Crippen molar-refractivity contribution in [3.63, 3.8) is 0 Å². The first-order valence-electron chi connectivity index (χ1n) is 7.11. The van der Waals surface area contributed by atoms with E-state index < -0.39 is 0 Å². The zero-order valence-electron chi connectivity index (χ0n) is 12.9. The largest absolute Gasteiger partial charge is 0.351 e. The van der Waals surface area contributed by atoms with Gasteiger partial charge in [-0.2, -0.15) is 5.26 Å². The number of imidazole rings is 1. The van der Waals surface area contributed by atoms with E-state index in [9.17, 15) is 5.26 Å². The lowest BCUT2D eigenvalue weighted by Crippen LogP contribution is -2.20. The fraction of sp³-hybridized carbons (Fsp3) is 0.235. The third-order valence-corrected chi connectivity index (χ3v) is 3.75. The van der Waals surface area contributed by atoms with E-state index in [1.54, 1.807) is 6.20 Å². The number of nitriles is 1. The van der Waals surface area contributed by atoms with Crippen molar-refractivity contribution in [2.45, 2.75) is 20.4 Å². The molecule has 0 aliphatic carbocycles. The Morgan fingerprint density at radius 2 is 2.05 bits per heavy atom. The number of anilines is 1. The number of aryl methyl sites for hydroxylation is 2.